The number of aromatic hydroxyl groups is 1. The van der Waals surface area contributed by atoms with Crippen LogP contribution in [0.5, 0.6) is 11.5 Å². The summed E-state index contributed by atoms with van der Waals surface area (Å²) in [6, 6.07) is 23.8. The zero-order valence-corrected chi connectivity index (χ0v) is 14.9. The summed E-state index contributed by atoms with van der Waals surface area (Å²) in [6.45, 7) is 2.15. The molecule has 0 spiro atoms. The predicted octanol–water partition coefficient (Wildman–Crippen LogP) is 5.24. The first-order valence-corrected chi connectivity index (χ1v) is 8.64. The Morgan fingerprint density at radius 2 is 1.54 bits per heavy atom. The van der Waals surface area contributed by atoms with Gasteiger partial charge in [-0.2, -0.15) is 0 Å². The van der Waals surface area contributed by atoms with E-state index >= 15 is 0 Å². The van der Waals surface area contributed by atoms with Gasteiger partial charge in [-0.25, -0.2) is 0 Å². The molecule has 130 valence electrons. The molecule has 0 unspecified atom stereocenters. The highest BCUT2D eigenvalue weighted by Crippen LogP contribution is 2.45. The lowest BCUT2D eigenvalue weighted by Gasteiger charge is -2.32. The molecular formula is C23H21NO2. The summed E-state index contributed by atoms with van der Waals surface area (Å²) in [5, 5.41) is 11.8. The number of para-hydroxylation sites is 2. The van der Waals surface area contributed by atoms with E-state index in [0.29, 0.717) is 0 Å². The first-order chi connectivity index (χ1) is 12.6. The molecular weight excluding hydrogens is 322 g/mol. The van der Waals surface area contributed by atoms with E-state index in [4.69, 9.17) is 4.74 Å². The smallest absolute Gasteiger partial charge is 0.120 e. The van der Waals surface area contributed by atoms with Crippen molar-refractivity contribution < 1.29 is 9.84 Å². The summed E-state index contributed by atoms with van der Waals surface area (Å²) >= 11 is 0. The molecule has 0 aliphatic rings. The van der Waals surface area contributed by atoms with Crippen LogP contribution in [0.2, 0.25) is 0 Å². The number of nitrogens with one attached hydrogen (secondary N) is 1. The molecule has 3 aromatic carbocycles. The van der Waals surface area contributed by atoms with Gasteiger partial charge in [0.1, 0.15) is 11.5 Å². The molecule has 1 aromatic heterocycles. The third-order valence-electron chi connectivity index (χ3n) is 5.24. The van der Waals surface area contributed by atoms with Crippen LogP contribution >= 0.6 is 0 Å². The average Bonchev–Trinajstić information content (AvgIpc) is 3.12. The molecule has 0 saturated heterocycles. The Balaban J connectivity index is 2.02. The highest BCUT2D eigenvalue weighted by molar-refractivity contribution is 5.86. The molecule has 3 heteroatoms. The molecule has 4 aromatic rings. The highest BCUT2D eigenvalue weighted by atomic mass is 16.5. The van der Waals surface area contributed by atoms with Gasteiger partial charge in [0, 0.05) is 28.1 Å². The van der Waals surface area contributed by atoms with Crippen LogP contribution in [0.1, 0.15) is 23.6 Å². The second kappa shape index (κ2) is 6.26. The van der Waals surface area contributed by atoms with Crippen molar-refractivity contribution in [2.75, 3.05) is 7.11 Å². The maximum atomic E-state index is 10.6. The molecule has 0 aliphatic carbocycles. The van der Waals surface area contributed by atoms with Crippen molar-refractivity contribution in [3.05, 3.63) is 95.7 Å². The molecule has 0 fully saturated rings. The quantitative estimate of drug-likeness (QED) is 0.532. The second-order valence-corrected chi connectivity index (χ2v) is 6.62. The lowest BCUT2D eigenvalue weighted by atomic mass is 9.70. The number of rotatable bonds is 4. The van der Waals surface area contributed by atoms with Gasteiger partial charge < -0.3 is 14.8 Å². The zero-order valence-electron chi connectivity index (χ0n) is 14.9. The van der Waals surface area contributed by atoms with Crippen molar-refractivity contribution in [3.63, 3.8) is 0 Å². The Labute approximate surface area is 152 Å². The van der Waals surface area contributed by atoms with Crippen LogP contribution < -0.4 is 4.74 Å². The first kappa shape index (κ1) is 16.3. The number of H-pyrrole nitrogens is 1. The van der Waals surface area contributed by atoms with Gasteiger partial charge in [0.25, 0.3) is 0 Å². The molecule has 4 rings (SSSR count). The molecule has 2 N–H and O–H groups in total. The molecule has 0 aliphatic heterocycles. The molecule has 26 heavy (non-hydrogen) atoms. The summed E-state index contributed by atoms with van der Waals surface area (Å²) in [4.78, 5) is 3.37. The molecule has 3 nitrogen and oxygen atoms in total. The van der Waals surface area contributed by atoms with Gasteiger partial charge in [0.2, 0.25) is 0 Å². The summed E-state index contributed by atoms with van der Waals surface area (Å²) < 4.78 is 5.32. The van der Waals surface area contributed by atoms with Gasteiger partial charge in [-0.05, 0) is 42.3 Å². The van der Waals surface area contributed by atoms with Gasteiger partial charge in [-0.15, -0.1) is 0 Å². The third-order valence-corrected chi connectivity index (χ3v) is 5.24. The number of hydrogen-bond donors (Lipinski definition) is 2. The Morgan fingerprint density at radius 1 is 0.846 bits per heavy atom. The summed E-state index contributed by atoms with van der Waals surface area (Å²) in [7, 11) is 1.66. The largest absolute Gasteiger partial charge is 0.508 e. The Bertz CT molecular complexity index is 1050. The molecule has 1 atom stereocenters. The minimum atomic E-state index is -0.517. The predicted molar refractivity (Wildman–Crippen MR) is 105 cm³/mol. The lowest BCUT2D eigenvalue weighted by Crippen LogP contribution is -2.25. The van der Waals surface area contributed by atoms with Gasteiger partial charge in [0.05, 0.1) is 7.11 Å². The van der Waals surface area contributed by atoms with Crippen molar-refractivity contribution in [2.24, 2.45) is 0 Å². The van der Waals surface area contributed by atoms with E-state index in [1.807, 2.05) is 48.7 Å². The van der Waals surface area contributed by atoms with Crippen LogP contribution in [0.4, 0.5) is 0 Å². The van der Waals surface area contributed by atoms with Crippen LogP contribution in [0.25, 0.3) is 10.9 Å². The second-order valence-electron chi connectivity index (χ2n) is 6.62. The highest BCUT2D eigenvalue weighted by Gasteiger charge is 2.35. The van der Waals surface area contributed by atoms with Crippen molar-refractivity contribution >= 4 is 10.9 Å². The van der Waals surface area contributed by atoms with Gasteiger partial charge in [0.15, 0.2) is 0 Å². The topological polar surface area (TPSA) is 45.2 Å². The maximum Gasteiger partial charge on any atom is 0.120 e. The fraction of sp³-hybridized carbons (Fsp3) is 0.130. The summed E-state index contributed by atoms with van der Waals surface area (Å²) in [6.07, 6.45) is 2.04. The fourth-order valence-electron chi connectivity index (χ4n) is 3.76. The lowest BCUT2D eigenvalue weighted by molar-refractivity contribution is 0.414. The number of aromatic amines is 1. The molecule has 0 amide bonds. The number of phenols is 1. The number of aromatic nitrogens is 1. The maximum absolute atomic E-state index is 10.6. The number of methoxy groups -OCH3 is 1. The third kappa shape index (κ3) is 2.44. The minimum Gasteiger partial charge on any atom is -0.508 e. The van der Waals surface area contributed by atoms with Crippen LogP contribution in [0.15, 0.2) is 79.0 Å². The fourth-order valence-corrected chi connectivity index (χ4v) is 3.76. The number of benzene rings is 3. The van der Waals surface area contributed by atoms with E-state index in [0.717, 1.165) is 33.3 Å². The van der Waals surface area contributed by atoms with E-state index in [1.165, 1.54) is 0 Å². The summed E-state index contributed by atoms with van der Waals surface area (Å²) in [5.41, 5.74) is 3.65. The van der Waals surface area contributed by atoms with Gasteiger partial charge >= 0.3 is 0 Å². The van der Waals surface area contributed by atoms with Gasteiger partial charge in [-0.1, -0.05) is 48.5 Å². The van der Waals surface area contributed by atoms with Crippen molar-refractivity contribution in [2.45, 2.75) is 12.3 Å². The Morgan fingerprint density at radius 3 is 2.27 bits per heavy atom. The zero-order chi connectivity index (χ0) is 18.1. The van der Waals surface area contributed by atoms with Crippen LogP contribution in [0.3, 0.4) is 0 Å². The SMILES string of the molecule is COc1ccc([C@](C)(c2ccccc2O)c2c[nH]c3ccccc23)cc1. The number of hydrogen-bond acceptors (Lipinski definition) is 2. The van der Waals surface area contributed by atoms with E-state index in [-0.39, 0.29) is 5.75 Å². The van der Waals surface area contributed by atoms with Crippen molar-refractivity contribution in [1.29, 1.82) is 0 Å². The Kier molecular flexibility index (Phi) is 3.92. The van der Waals surface area contributed by atoms with Gasteiger partial charge in [-0.3, -0.25) is 0 Å². The van der Waals surface area contributed by atoms with E-state index in [2.05, 4.69) is 36.2 Å². The first-order valence-electron chi connectivity index (χ1n) is 8.64. The average molecular weight is 343 g/mol. The molecule has 1 heterocycles. The summed E-state index contributed by atoms with van der Waals surface area (Å²) in [5.74, 6) is 1.10. The number of fused-ring (bicyclic) bond motifs is 1. The molecule has 0 radical (unpaired) electrons. The monoisotopic (exact) mass is 343 g/mol. The van der Waals surface area contributed by atoms with Crippen molar-refractivity contribution in [3.8, 4) is 11.5 Å². The van der Waals surface area contributed by atoms with Crippen LogP contribution in [-0.2, 0) is 5.41 Å². The van der Waals surface area contributed by atoms with E-state index in [1.54, 1.807) is 13.2 Å². The number of ether oxygens (including phenoxy) is 1. The normalized spacial score (nSPS) is 13.5. The number of phenolic OH excluding ortho intramolecular Hbond substituents is 1. The molecule has 0 bridgehead atoms. The minimum absolute atomic E-state index is 0.288. The van der Waals surface area contributed by atoms with E-state index in [9.17, 15) is 5.11 Å². The standard InChI is InChI=1S/C23H21NO2/c1-23(19-8-4-6-10-22(19)25,16-11-13-17(26-2)14-12-16)20-15-24-21-9-5-3-7-18(20)21/h3-15,24-25H,1-2H3/t23-/m1/s1. The molecule has 0 saturated carbocycles. The van der Waals surface area contributed by atoms with E-state index < -0.39 is 5.41 Å². The Hall–Kier alpha value is -3.20. The van der Waals surface area contributed by atoms with Crippen LogP contribution in [-0.4, -0.2) is 17.2 Å². The van der Waals surface area contributed by atoms with Crippen molar-refractivity contribution in [1.82, 2.24) is 4.98 Å². The van der Waals surface area contributed by atoms with Crippen LogP contribution in [0, 0.1) is 0 Å².